The van der Waals surface area contributed by atoms with Gasteiger partial charge in [0.1, 0.15) is 0 Å². The average Bonchev–Trinajstić information content (AvgIpc) is 2.74. The molecule has 1 N–H and O–H groups in total. The first-order chi connectivity index (χ1) is 8.99. The van der Waals surface area contributed by atoms with E-state index in [4.69, 9.17) is 11.6 Å². The molecule has 0 saturated heterocycles. The Morgan fingerprint density at radius 3 is 2.84 bits per heavy atom. The third kappa shape index (κ3) is 3.29. The topological polar surface area (TPSA) is 40.5 Å². The Morgan fingerprint density at radius 1 is 1.53 bits per heavy atom. The highest BCUT2D eigenvalue weighted by atomic mass is 79.9. The number of aromatic carboxylic acids is 1. The van der Waals surface area contributed by atoms with Crippen LogP contribution in [0.15, 0.2) is 33.4 Å². The molecule has 3 nitrogen and oxygen atoms in total. The summed E-state index contributed by atoms with van der Waals surface area (Å²) >= 11 is 11.1. The van der Waals surface area contributed by atoms with Crippen molar-refractivity contribution in [3.63, 3.8) is 0 Å². The molecule has 0 bridgehead atoms. The summed E-state index contributed by atoms with van der Waals surface area (Å²) in [6, 6.07) is 6.91. The first-order valence-corrected chi connectivity index (χ1v) is 7.50. The number of carboxylic acid groups (broad SMARTS) is 1. The normalized spacial score (nSPS) is 10.5. The highest BCUT2D eigenvalue weighted by molar-refractivity contribution is 9.11. The van der Waals surface area contributed by atoms with Crippen molar-refractivity contribution in [2.24, 2.45) is 0 Å². The Morgan fingerprint density at radius 2 is 2.26 bits per heavy atom. The Hall–Kier alpha value is -1.04. The first kappa shape index (κ1) is 14.4. The molecular formula is C13H11BrClNO2S. The van der Waals surface area contributed by atoms with Crippen LogP contribution in [0.5, 0.6) is 0 Å². The summed E-state index contributed by atoms with van der Waals surface area (Å²) in [6.45, 7) is 0.603. The summed E-state index contributed by atoms with van der Waals surface area (Å²) in [7, 11) is 1.83. The molecule has 2 rings (SSSR count). The van der Waals surface area contributed by atoms with Crippen LogP contribution in [0.2, 0.25) is 5.02 Å². The molecule has 0 unspecified atom stereocenters. The summed E-state index contributed by atoms with van der Waals surface area (Å²) in [6.07, 6.45) is 0. The zero-order valence-electron chi connectivity index (χ0n) is 10.1. The largest absolute Gasteiger partial charge is 0.478 e. The Kier molecular flexibility index (Phi) is 4.50. The summed E-state index contributed by atoms with van der Waals surface area (Å²) in [4.78, 5) is 13.1. The van der Waals surface area contributed by atoms with E-state index in [0.29, 0.717) is 17.3 Å². The van der Waals surface area contributed by atoms with Gasteiger partial charge in [-0.2, -0.15) is 0 Å². The molecule has 0 aliphatic heterocycles. The zero-order valence-corrected chi connectivity index (χ0v) is 13.2. The number of rotatable bonds is 4. The maximum absolute atomic E-state index is 11.2. The fraction of sp³-hybridized carbons (Fsp3) is 0.154. The van der Waals surface area contributed by atoms with E-state index in [9.17, 15) is 9.90 Å². The SMILES string of the molecule is CN(Cc1csc(Br)c1)c1c(Cl)cccc1C(=O)O. The van der Waals surface area contributed by atoms with Gasteiger partial charge in [-0.3, -0.25) is 0 Å². The first-order valence-electron chi connectivity index (χ1n) is 5.45. The van der Waals surface area contributed by atoms with Crippen molar-refractivity contribution in [2.45, 2.75) is 6.54 Å². The molecule has 1 aromatic carbocycles. The van der Waals surface area contributed by atoms with Crippen molar-refractivity contribution < 1.29 is 9.90 Å². The van der Waals surface area contributed by atoms with E-state index in [-0.39, 0.29) is 5.56 Å². The molecule has 1 aromatic heterocycles. The molecule has 1 heterocycles. The van der Waals surface area contributed by atoms with Crippen molar-refractivity contribution in [2.75, 3.05) is 11.9 Å². The van der Waals surface area contributed by atoms with Gasteiger partial charge in [0.25, 0.3) is 0 Å². The quantitative estimate of drug-likeness (QED) is 0.873. The van der Waals surface area contributed by atoms with E-state index in [1.54, 1.807) is 29.5 Å². The van der Waals surface area contributed by atoms with Crippen molar-refractivity contribution >= 4 is 50.5 Å². The smallest absolute Gasteiger partial charge is 0.337 e. The van der Waals surface area contributed by atoms with E-state index in [1.165, 1.54) is 0 Å². The molecule has 0 radical (unpaired) electrons. The van der Waals surface area contributed by atoms with Crippen LogP contribution in [0.3, 0.4) is 0 Å². The number of para-hydroxylation sites is 1. The number of nitrogens with zero attached hydrogens (tertiary/aromatic N) is 1. The maximum Gasteiger partial charge on any atom is 0.337 e. The van der Waals surface area contributed by atoms with Crippen LogP contribution < -0.4 is 4.90 Å². The van der Waals surface area contributed by atoms with Crippen molar-refractivity contribution in [1.82, 2.24) is 0 Å². The van der Waals surface area contributed by atoms with Gasteiger partial charge in [0.05, 0.1) is 20.1 Å². The number of hydrogen-bond acceptors (Lipinski definition) is 3. The fourth-order valence-electron chi connectivity index (χ4n) is 1.86. The Bertz CT molecular complexity index is 614. The number of benzene rings is 1. The Labute approximate surface area is 128 Å². The summed E-state index contributed by atoms with van der Waals surface area (Å²) in [5, 5.41) is 11.7. The predicted molar refractivity (Wildman–Crippen MR) is 82.5 cm³/mol. The second kappa shape index (κ2) is 5.94. The predicted octanol–water partition coefficient (Wildman–Crippen LogP) is 4.50. The average molecular weight is 361 g/mol. The third-order valence-corrected chi connectivity index (χ3v) is 4.50. The lowest BCUT2D eigenvalue weighted by Crippen LogP contribution is -2.19. The molecule has 19 heavy (non-hydrogen) atoms. The van der Waals surface area contributed by atoms with Gasteiger partial charge in [-0.25, -0.2) is 4.79 Å². The van der Waals surface area contributed by atoms with Crippen molar-refractivity contribution in [1.29, 1.82) is 0 Å². The van der Waals surface area contributed by atoms with Gasteiger partial charge >= 0.3 is 5.97 Å². The minimum absolute atomic E-state index is 0.212. The lowest BCUT2D eigenvalue weighted by atomic mass is 10.1. The number of halogens is 2. The van der Waals surface area contributed by atoms with Gasteiger partial charge in [0.2, 0.25) is 0 Å². The molecule has 0 fully saturated rings. The molecule has 0 saturated carbocycles. The number of carbonyl (C=O) groups is 1. The third-order valence-electron chi connectivity index (χ3n) is 2.64. The number of carboxylic acids is 1. The van der Waals surface area contributed by atoms with Crippen molar-refractivity contribution in [3.8, 4) is 0 Å². The van der Waals surface area contributed by atoms with Crippen molar-refractivity contribution in [3.05, 3.63) is 49.6 Å². The maximum atomic E-state index is 11.2. The van der Waals surface area contributed by atoms with E-state index in [1.807, 2.05) is 23.4 Å². The van der Waals surface area contributed by atoms with Crippen LogP contribution in [-0.2, 0) is 6.54 Å². The lowest BCUT2D eigenvalue weighted by molar-refractivity contribution is 0.0697. The molecule has 0 aliphatic rings. The highest BCUT2D eigenvalue weighted by Crippen LogP contribution is 2.31. The van der Waals surface area contributed by atoms with Crippen LogP contribution >= 0.6 is 38.9 Å². The lowest BCUT2D eigenvalue weighted by Gasteiger charge is -2.22. The van der Waals surface area contributed by atoms with Crippen LogP contribution in [-0.4, -0.2) is 18.1 Å². The van der Waals surface area contributed by atoms with E-state index < -0.39 is 5.97 Å². The number of thiophene rings is 1. The van der Waals surface area contributed by atoms with Gasteiger partial charge in [-0.05, 0) is 45.1 Å². The number of anilines is 1. The zero-order chi connectivity index (χ0) is 14.0. The highest BCUT2D eigenvalue weighted by Gasteiger charge is 2.17. The molecule has 2 aromatic rings. The molecule has 6 heteroatoms. The Balaban J connectivity index is 2.32. The van der Waals surface area contributed by atoms with Crippen LogP contribution in [0.1, 0.15) is 15.9 Å². The molecular weight excluding hydrogens is 350 g/mol. The molecule has 100 valence electrons. The van der Waals surface area contributed by atoms with Crippen LogP contribution in [0.25, 0.3) is 0 Å². The molecule has 0 amide bonds. The second-order valence-corrected chi connectivity index (χ2v) is 6.75. The standard InChI is InChI=1S/C13H11BrClNO2S/c1-16(6-8-5-11(14)19-7-8)12-9(13(17)18)3-2-4-10(12)15/h2-5,7H,6H2,1H3,(H,17,18). The van der Waals surface area contributed by atoms with E-state index >= 15 is 0 Å². The molecule has 0 aliphatic carbocycles. The van der Waals surface area contributed by atoms with Crippen LogP contribution in [0, 0.1) is 0 Å². The monoisotopic (exact) mass is 359 g/mol. The van der Waals surface area contributed by atoms with Gasteiger partial charge in [0.15, 0.2) is 0 Å². The van der Waals surface area contributed by atoms with E-state index in [2.05, 4.69) is 15.9 Å². The fourth-order valence-corrected chi connectivity index (χ4v) is 3.38. The minimum atomic E-state index is -0.976. The summed E-state index contributed by atoms with van der Waals surface area (Å²) < 4.78 is 1.05. The summed E-state index contributed by atoms with van der Waals surface area (Å²) in [5.74, 6) is -0.976. The van der Waals surface area contributed by atoms with Gasteiger partial charge in [-0.15, -0.1) is 11.3 Å². The van der Waals surface area contributed by atoms with Crippen LogP contribution in [0.4, 0.5) is 5.69 Å². The van der Waals surface area contributed by atoms with Gasteiger partial charge < -0.3 is 10.0 Å². The summed E-state index contributed by atoms with van der Waals surface area (Å²) in [5.41, 5.74) is 1.86. The second-order valence-electron chi connectivity index (χ2n) is 4.06. The van der Waals surface area contributed by atoms with Gasteiger partial charge in [-0.1, -0.05) is 17.7 Å². The molecule has 0 spiro atoms. The van der Waals surface area contributed by atoms with Gasteiger partial charge in [0, 0.05) is 13.6 Å². The van der Waals surface area contributed by atoms with E-state index in [0.717, 1.165) is 9.35 Å². The minimum Gasteiger partial charge on any atom is -0.478 e. The molecule has 0 atom stereocenters. The number of hydrogen-bond donors (Lipinski definition) is 1.